The monoisotopic (exact) mass is 353 g/mol. The summed E-state index contributed by atoms with van der Waals surface area (Å²) in [5, 5.41) is 0. The van der Waals surface area contributed by atoms with Crippen LogP contribution in [0, 0.1) is 20.8 Å². The number of halogens is 1. The van der Waals surface area contributed by atoms with Gasteiger partial charge in [-0.3, -0.25) is 4.72 Å². The summed E-state index contributed by atoms with van der Waals surface area (Å²) in [5.74, 6) is 0. The zero-order valence-corrected chi connectivity index (χ0v) is 14.0. The van der Waals surface area contributed by atoms with Crippen LogP contribution < -0.4 is 4.72 Å². The first kappa shape index (κ1) is 15.1. The molecule has 0 heterocycles. The van der Waals surface area contributed by atoms with Gasteiger partial charge in [0.15, 0.2) is 0 Å². The lowest BCUT2D eigenvalue weighted by molar-refractivity contribution is 0.600. The number of sulfonamides is 1. The summed E-state index contributed by atoms with van der Waals surface area (Å²) in [6.45, 7) is 5.79. The molecule has 0 atom stereocenters. The summed E-state index contributed by atoms with van der Waals surface area (Å²) in [4.78, 5) is 0.236. The summed E-state index contributed by atoms with van der Waals surface area (Å²) in [6.07, 6.45) is 0. The zero-order valence-electron chi connectivity index (χ0n) is 11.6. The smallest absolute Gasteiger partial charge is 0.263 e. The highest BCUT2D eigenvalue weighted by atomic mass is 79.9. The molecule has 0 fully saturated rings. The minimum absolute atomic E-state index is 0.236. The molecule has 1 N–H and O–H groups in total. The summed E-state index contributed by atoms with van der Waals surface area (Å²) < 4.78 is 28.2. The number of hydrogen-bond donors (Lipinski definition) is 1. The second-order valence-corrected chi connectivity index (χ2v) is 7.31. The maximum absolute atomic E-state index is 12.5. The molecule has 3 nitrogen and oxygen atoms in total. The zero-order chi connectivity index (χ0) is 14.9. The Balaban J connectivity index is 2.47. The highest BCUT2D eigenvalue weighted by Gasteiger charge is 2.19. The Hall–Kier alpha value is -1.33. The predicted molar refractivity (Wildman–Crippen MR) is 85.6 cm³/mol. The molecule has 2 rings (SSSR count). The second-order valence-electron chi connectivity index (χ2n) is 4.81. The van der Waals surface area contributed by atoms with Gasteiger partial charge in [0, 0.05) is 4.47 Å². The SMILES string of the molecule is Cc1cc(C)c(NS(=O)(=O)c2ccccc2Br)c(C)c1. The lowest BCUT2D eigenvalue weighted by Crippen LogP contribution is -2.15. The number of nitrogens with one attached hydrogen (secondary N) is 1. The van der Waals surface area contributed by atoms with Crippen molar-refractivity contribution in [3.63, 3.8) is 0 Å². The van der Waals surface area contributed by atoms with E-state index in [0.29, 0.717) is 10.2 Å². The Morgan fingerprint density at radius 2 is 1.55 bits per heavy atom. The molecule has 2 aromatic rings. The van der Waals surface area contributed by atoms with E-state index in [1.807, 2.05) is 32.9 Å². The van der Waals surface area contributed by atoms with Crippen LogP contribution in [0.5, 0.6) is 0 Å². The Bertz CT molecular complexity index is 731. The van der Waals surface area contributed by atoms with Crippen LogP contribution in [0.3, 0.4) is 0 Å². The van der Waals surface area contributed by atoms with Crippen molar-refractivity contribution >= 4 is 31.6 Å². The molecule has 0 aliphatic carbocycles. The topological polar surface area (TPSA) is 46.2 Å². The van der Waals surface area contributed by atoms with Crippen molar-refractivity contribution in [3.8, 4) is 0 Å². The highest BCUT2D eigenvalue weighted by molar-refractivity contribution is 9.10. The molecule has 2 aromatic carbocycles. The standard InChI is InChI=1S/C15H16BrNO2S/c1-10-8-11(2)15(12(3)9-10)17-20(18,19)14-7-5-4-6-13(14)16/h4-9,17H,1-3H3. The van der Waals surface area contributed by atoms with Gasteiger partial charge in [0.25, 0.3) is 10.0 Å². The second kappa shape index (κ2) is 5.58. The molecule has 106 valence electrons. The van der Waals surface area contributed by atoms with Gasteiger partial charge >= 0.3 is 0 Å². The Morgan fingerprint density at radius 1 is 1.00 bits per heavy atom. The molecule has 0 aliphatic rings. The van der Waals surface area contributed by atoms with Gasteiger partial charge in [-0.1, -0.05) is 29.8 Å². The molecule has 5 heteroatoms. The molecule has 0 aliphatic heterocycles. The summed E-state index contributed by atoms with van der Waals surface area (Å²) >= 11 is 3.27. The van der Waals surface area contributed by atoms with Gasteiger partial charge in [0.1, 0.15) is 4.90 Å². The first-order valence-corrected chi connectivity index (χ1v) is 8.44. The third-order valence-corrected chi connectivity index (χ3v) is 5.40. The van der Waals surface area contributed by atoms with Crippen molar-refractivity contribution in [2.45, 2.75) is 25.7 Å². The molecule has 0 saturated carbocycles. The van der Waals surface area contributed by atoms with Crippen LogP contribution in [-0.4, -0.2) is 8.42 Å². The van der Waals surface area contributed by atoms with E-state index >= 15 is 0 Å². The normalized spacial score (nSPS) is 11.4. The lowest BCUT2D eigenvalue weighted by atomic mass is 10.1. The van der Waals surface area contributed by atoms with Crippen LogP contribution in [0.2, 0.25) is 0 Å². The number of aryl methyl sites for hydroxylation is 3. The Labute approximate surface area is 128 Å². The van der Waals surface area contributed by atoms with E-state index in [-0.39, 0.29) is 4.90 Å². The number of hydrogen-bond acceptors (Lipinski definition) is 2. The number of benzene rings is 2. The minimum Gasteiger partial charge on any atom is -0.279 e. The van der Waals surface area contributed by atoms with Crippen molar-refractivity contribution in [3.05, 3.63) is 57.6 Å². The van der Waals surface area contributed by atoms with E-state index in [0.717, 1.165) is 16.7 Å². The fourth-order valence-corrected chi connectivity index (χ4v) is 4.40. The molecule has 0 bridgehead atoms. The van der Waals surface area contributed by atoms with Crippen molar-refractivity contribution in [1.29, 1.82) is 0 Å². The van der Waals surface area contributed by atoms with E-state index in [1.54, 1.807) is 24.3 Å². The average Bonchev–Trinajstić information content (AvgIpc) is 2.34. The highest BCUT2D eigenvalue weighted by Crippen LogP contribution is 2.27. The fourth-order valence-electron chi connectivity index (χ4n) is 2.19. The van der Waals surface area contributed by atoms with Gasteiger partial charge in [-0.25, -0.2) is 8.42 Å². The van der Waals surface area contributed by atoms with E-state index in [1.165, 1.54) is 0 Å². The van der Waals surface area contributed by atoms with Gasteiger partial charge in [-0.05, 0) is 60.0 Å². The molecule has 0 unspecified atom stereocenters. The van der Waals surface area contributed by atoms with Crippen LogP contribution in [0.25, 0.3) is 0 Å². The van der Waals surface area contributed by atoms with Crippen LogP contribution in [0.1, 0.15) is 16.7 Å². The summed E-state index contributed by atoms with van der Waals surface area (Å²) in [7, 11) is -3.60. The van der Waals surface area contributed by atoms with E-state index in [9.17, 15) is 8.42 Å². The maximum atomic E-state index is 12.5. The van der Waals surface area contributed by atoms with Gasteiger partial charge in [0.2, 0.25) is 0 Å². The van der Waals surface area contributed by atoms with Crippen molar-refractivity contribution in [1.82, 2.24) is 0 Å². The summed E-state index contributed by atoms with van der Waals surface area (Å²) in [6, 6.07) is 10.7. The van der Waals surface area contributed by atoms with E-state index in [2.05, 4.69) is 20.7 Å². The Morgan fingerprint density at radius 3 is 2.10 bits per heavy atom. The Kier molecular flexibility index (Phi) is 4.20. The molecular weight excluding hydrogens is 338 g/mol. The van der Waals surface area contributed by atoms with E-state index < -0.39 is 10.0 Å². The molecule has 0 spiro atoms. The number of anilines is 1. The fraction of sp³-hybridized carbons (Fsp3) is 0.200. The van der Waals surface area contributed by atoms with E-state index in [4.69, 9.17) is 0 Å². The quantitative estimate of drug-likeness (QED) is 0.899. The lowest BCUT2D eigenvalue weighted by Gasteiger charge is -2.15. The molecule has 20 heavy (non-hydrogen) atoms. The minimum atomic E-state index is -3.60. The maximum Gasteiger partial charge on any atom is 0.263 e. The molecule has 0 radical (unpaired) electrons. The van der Waals surface area contributed by atoms with Gasteiger partial charge < -0.3 is 0 Å². The predicted octanol–water partition coefficient (Wildman–Crippen LogP) is 4.18. The molecule has 0 aromatic heterocycles. The van der Waals surface area contributed by atoms with Gasteiger partial charge in [0.05, 0.1) is 5.69 Å². The third-order valence-electron chi connectivity index (χ3n) is 3.04. The molecular formula is C15H16BrNO2S. The van der Waals surface area contributed by atoms with Crippen LogP contribution in [0.15, 0.2) is 45.8 Å². The van der Waals surface area contributed by atoms with Crippen LogP contribution in [0.4, 0.5) is 5.69 Å². The first-order valence-electron chi connectivity index (χ1n) is 6.16. The van der Waals surface area contributed by atoms with Crippen molar-refractivity contribution in [2.75, 3.05) is 4.72 Å². The van der Waals surface area contributed by atoms with Crippen molar-refractivity contribution < 1.29 is 8.42 Å². The largest absolute Gasteiger partial charge is 0.279 e. The summed E-state index contributed by atoms with van der Waals surface area (Å²) in [5.41, 5.74) is 3.59. The van der Waals surface area contributed by atoms with Gasteiger partial charge in [-0.2, -0.15) is 0 Å². The van der Waals surface area contributed by atoms with Gasteiger partial charge in [-0.15, -0.1) is 0 Å². The van der Waals surface area contributed by atoms with Crippen LogP contribution >= 0.6 is 15.9 Å². The first-order chi connectivity index (χ1) is 9.31. The van der Waals surface area contributed by atoms with Crippen molar-refractivity contribution in [2.24, 2.45) is 0 Å². The third kappa shape index (κ3) is 3.04. The molecule has 0 amide bonds. The van der Waals surface area contributed by atoms with Crippen LogP contribution in [-0.2, 0) is 10.0 Å². The molecule has 0 saturated heterocycles. The number of rotatable bonds is 3. The average molecular weight is 354 g/mol.